The van der Waals surface area contributed by atoms with E-state index >= 15 is 0 Å². The highest BCUT2D eigenvalue weighted by atomic mass is 16.5. The largest absolute Gasteiger partial charge is 0.382 e. The Morgan fingerprint density at radius 3 is 2.88 bits per heavy atom. The number of aromatic nitrogens is 2. The van der Waals surface area contributed by atoms with Gasteiger partial charge in [-0.25, -0.2) is 4.98 Å². The van der Waals surface area contributed by atoms with Crippen LogP contribution in [-0.4, -0.2) is 49.6 Å². The van der Waals surface area contributed by atoms with E-state index in [0.29, 0.717) is 13.2 Å². The van der Waals surface area contributed by atoms with Crippen LogP contribution in [0.2, 0.25) is 0 Å². The SMILES string of the molecule is COCCOCCCNCCn1ccnc1C. The molecule has 0 bridgehead atoms. The van der Waals surface area contributed by atoms with E-state index in [1.807, 2.05) is 19.3 Å². The van der Waals surface area contributed by atoms with Crippen molar-refractivity contribution in [3.63, 3.8) is 0 Å². The average Bonchev–Trinajstić information content (AvgIpc) is 2.73. The van der Waals surface area contributed by atoms with Crippen LogP contribution in [0.5, 0.6) is 0 Å². The van der Waals surface area contributed by atoms with E-state index in [1.165, 1.54) is 0 Å². The molecule has 0 spiro atoms. The first kappa shape index (κ1) is 14.2. The third kappa shape index (κ3) is 6.41. The molecule has 1 rings (SSSR count). The maximum absolute atomic E-state index is 5.37. The van der Waals surface area contributed by atoms with Crippen molar-refractivity contribution < 1.29 is 9.47 Å². The Morgan fingerprint density at radius 2 is 2.18 bits per heavy atom. The van der Waals surface area contributed by atoms with Gasteiger partial charge in [0.05, 0.1) is 13.2 Å². The van der Waals surface area contributed by atoms with Crippen LogP contribution < -0.4 is 5.32 Å². The molecule has 0 atom stereocenters. The molecular formula is C12H23N3O2. The summed E-state index contributed by atoms with van der Waals surface area (Å²) >= 11 is 0. The van der Waals surface area contributed by atoms with Crippen LogP contribution in [0.4, 0.5) is 0 Å². The molecule has 98 valence electrons. The Morgan fingerprint density at radius 1 is 1.29 bits per heavy atom. The minimum atomic E-state index is 0.674. The fourth-order valence-electron chi connectivity index (χ4n) is 1.51. The summed E-state index contributed by atoms with van der Waals surface area (Å²) < 4.78 is 12.4. The normalized spacial score (nSPS) is 10.9. The molecule has 0 saturated carbocycles. The molecule has 0 aliphatic rings. The lowest BCUT2D eigenvalue weighted by Crippen LogP contribution is -2.22. The highest BCUT2D eigenvalue weighted by Crippen LogP contribution is 1.93. The molecule has 5 heteroatoms. The molecule has 0 fully saturated rings. The maximum Gasteiger partial charge on any atom is 0.105 e. The molecule has 17 heavy (non-hydrogen) atoms. The lowest BCUT2D eigenvalue weighted by atomic mass is 10.4. The van der Waals surface area contributed by atoms with Crippen LogP contribution in [0.1, 0.15) is 12.2 Å². The highest BCUT2D eigenvalue weighted by molar-refractivity contribution is 4.88. The first-order valence-electron chi connectivity index (χ1n) is 6.09. The van der Waals surface area contributed by atoms with Crippen LogP contribution in [0.15, 0.2) is 12.4 Å². The Balaban J connectivity index is 1.86. The first-order chi connectivity index (χ1) is 8.34. The molecule has 1 aromatic rings. The number of nitrogens with zero attached hydrogens (tertiary/aromatic N) is 2. The van der Waals surface area contributed by atoms with Crippen LogP contribution in [-0.2, 0) is 16.0 Å². The fourth-order valence-corrected chi connectivity index (χ4v) is 1.51. The van der Waals surface area contributed by atoms with E-state index in [9.17, 15) is 0 Å². The molecule has 0 amide bonds. The van der Waals surface area contributed by atoms with Gasteiger partial charge in [0.15, 0.2) is 0 Å². The molecule has 1 aromatic heterocycles. The number of methoxy groups -OCH3 is 1. The molecule has 0 aromatic carbocycles. The minimum Gasteiger partial charge on any atom is -0.382 e. The lowest BCUT2D eigenvalue weighted by Gasteiger charge is -2.07. The number of nitrogens with one attached hydrogen (secondary N) is 1. The van der Waals surface area contributed by atoms with Crippen molar-refractivity contribution in [1.29, 1.82) is 0 Å². The van der Waals surface area contributed by atoms with Gasteiger partial charge < -0.3 is 19.4 Å². The smallest absolute Gasteiger partial charge is 0.105 e. The number of hydrogen-bond donors (Lipinski definition) is 1. The van der Waals surface area contributed by atoms with Crippen LogP contribution in [0.3, 0.4) is 0 Å². The van der Waals surface area contributed by atoms with E-state index in [-0.39, 0.29) is 0 Å². The minimum absolute atomic E-state index is 0.674. The Labute approximate surface area is 103 Å². The third-order valence-corrected chi connectivity index (χ3v) is 2.53. The van der Waals surface area contributed by atoms with Gasteiger partial charge in [-0.3, -0.25) is 0 Å². The molecule has 1 heterocycles. The van der Waals surface area contributed by atoms with Crippen molar-refractivity contribution in [2.45, 2.75) is 19.9 Å². The summed E-state index contributed by atoms with van der Waals surface area (Å²) in [5, 5.41) is 3.38. The molecule has 0 unspecified atom stereocenters. The molecule has 0 saturated heterocycles. The molecule has 0 aliphatic heterocycles. The Hall–Kier alpha value is -0.910. The second-order valence-corrected chi connectivity index (χ2v) is 3.88. The Kier molecular flexibility index (Phi) is 7.62. The van der Waals surface area contributed by atoms with Crippen LogP contribution in [0.25, 0.3) is 0 Å². The molecule has 0 aliphatic carbocycles. The number of hydrogen-bond acceptors (Lipinski definition) is 4. The zero-order valence-corrected chi connectivity index (χ0v) is 10.8. The van der Waals surface area contributed by atoms with Gasteiger partial charge >= 0.3 is 0 Å². The number of imidazole rings is 1. The van der Waals surface area contributed by atoms with Gasteiger partial charge in [0.25, 0.3) is 0 Å². The highest BCUT2D eigenvalue weighted by Gasteiger charge is 1.95. The van der Waals surface area contributed by atoms with Crippen molar-refractivity contribution in [1.82, 2.24) is 14.9 Å². The molecule has 5 nitrogen and oxygen atoms in total. The van der Waals surface area contributed by atoms with E-state index in [0.717, 1.165) is 38.5 Å². The van der Waals surface area contributed by atoms with Gasteiger partial charge in [-0.1, -0.05) is 0 Å². The second kappa shape index (κ2) is 9.15. The zero-order valence-electron chi connectivity index (χ0n) is 10.8. The van der Waals surface area contributed by atoms with Crippen molar-refractivity contribution in [3.05, 3.63) is 18.2 Å². The summed E-state index contributed by atoms with van der Waals surface area (Å²) in [7, 11) is 1.68. The number of rotatable bonds is 10. The standard InChI is InChI=1S/C12H23N3O2/c1-12-14-6-8-15(12)7-5-13-4-3-9-17-11-10-16-2/h6,8,13H,3-5,7,9-11H2,1-2H3. The summed E-state index contributed by atoms with van der Waals surface area (Å²) in [4.78, 5) is 4.18. The van der Waals surface area contributed by atoms with Gasteiger partial charge in [0, 0.05) is 39.2 Å². The van der Waals surface area contributed by atoms with Gasteiger partial charge in [-0.15, -0.1) is 0 Å². The molecular weight excluding hydrogens is 218 g/mol. The van der Waals surface area contributed by atoms with Crippen LogP contribution >= 0.6 is 0 Å². The topological polar surface area (TPSA) is 48.3 Å². The van der Waals surface area contributed by atoms with E-state index in [4.69, 9.17) is 9.47 Å². The van der Waals surface area contributed by atoms with Crippen LogP contribution in [0, 0.1) is 6.92 Å². The van der Waals surface area contributed by atoms with Gasteiger partial charge in [-0.05, 0) is 19.9 Å². The lowest BCUT2D eigenvalue weighted by molar-refractivity contribution is 0.0695. The number of aryl methyl sites for hydroxylation is 1. The van der Waals surface area contributed by atoms with E-state index in [2.05, 4.69) is 14.9 Å². The van der Waals surface area contributed by atoms with Crippen molar-refractivity contribution in [3.8, 4) is 0 Å². The van der Waals surface area contributed by atoms with Gasteiger partial charge in [0.1, 0.15) is 5.82 Å². The van der Waals surface area contributed by atoms with Gasteiger partial charge in [-0.2, -0.15) is 0 Å². The predicted octanol–water partition coefficient (Wildman–Crippen LogP) is 0.834. The predicted molar refractivity (Wildman–Crippen MR) is 67.1 cm³/mol. The Bertz CT molecular complexity index is 289. The maximum atomic E-state index is 5.37. The fraction of sp³-hybridized carbons (Fsp3) is 0.750. The summed E-state index contributed by atoms with van der Waals surface area (Å²) in [5.74, 6) is 1.06. The monoisotopic (exact) mass is 241 g/mol. The zero-order chi connectivity index (χ0) is 12.3. The average molecular weight is 241 g/mol. The van der Waals surface area contributed by atoms with E-state index < -0.39 is 0 Å². The summed E-state index contributed by atoms with van der Waals surface area (Å²) in [5.41, 5.74) is 0. The molecule has 0 radical (unpaired) electrons. The summed E-state index contributed by atoms with van der Waals surface area (Å²) in [6.07, 6.45) is 4.87. The van der Waals surface area contributed by atoms with E-state index in [1.54, 1.807) is 7.11 Å². The van der Waals surface area contributed by atoms with Crippen molar-refractivity contribution in [2.75, 3.05) is 40.0 Å². The first-order valence-corrected chi connectivity index (χ1v) is 6.09. The van der Waals surface area contributed by atoms with Crippen molar-refractivity contribution >= 4 is 0 Å². The third-order valence-electron chi connectivity index (χ3n) is 2.53. The molecule has 1 N–H and O–H groups in total. The quantitative estimate of drug-likeness (QED) is 0.617. The summed E-state index contributed by atoms with van der Waals surface area (Å²) in [6.45, 7) is 7.09. The number of ether oxygens (including phenoxy) is 2. The van der Waals surface area contributed by atoms with Crippen molar-refractivity contribution in [2.24, 2.45) is 0 Å². The second-order valence-electron chi connectivity index (χ2n) is 3.88. The summed E-state index contributed by atoms with van der Waals surface area (Å²) in [6, 6.07) is 0. The van der Waals surface area contributed by atoms with Gasteiger partial charge in [0.2, 0.25) is 0 Å².